The summed E-state index contributed by atoms with van der Waals surface area (Å²) in [7, 11) is 0. The van der Waals surface area contributed by atoms with Crippen molar-refractivity contribution < 1.29 is 19.8 Å². The number of carboxylic acid groups (broad SMARTS) is 2. The molecule has 0 aliphatic rings. The highest BCUT2D eigenvalue weighted by Gasteiger charge is 2.57. The van der Waals surface area contributed by atoms with E-state index in [1.807, 2.05) is 27.7 Å². The van der Waals surface area contributed by atoms with Crippen molar-refractivity contribution in [2.24, 2.45) is 16.7 Å². The van der Waals surface area contributed by atoms with Crippen LogP contribution in [0.5, 0.6) is 0 Å². The average Bonchev–Trinajstić information content (AvgIpc) is 2.39. The van der Waals surface area contributed by atoms with Gasteiger partial charge >= 0.3 is 11.9 Å². The zero-order chi connectivity index (χ0) is 16.7. The lowest BCUT2D eigenvalue weighted by atomic mass is 9.57. The van der Waals surface area contributed by atoms with Crippen LogP contribution in [0.3, 0.4) is 0 Å². The quantitative estimate of drug-likeness (QED) is 0.586. The Morgan fingerprint density at radius 3 is 1.76 bits per heavy atom. The highest BCUT2D eigenvalue weighted by molar-refractivity contribution is 5.86. The van der Waals surface area contributed by atoms with Crippen molar-refractivity contribution in [1.82, 2.24) is 0 Å². The SMILES string of the molecule is CCCCC(C)(C(=O)O)C(CCCC)(CC(C)C)C(=O)O. The number of unbranched alkanes of at least 4 members (excludes halogenated alkanes) is 2. The molecule has 0 spiro atoms. The Morgan fingerprint density at radius 1 is 0.952 bits per heavy atom. The zero-order valence-electron chi connectivity index (χ0n) is 14.2. The largest absolute Gasteiger partial charge is 0.481 e. The first-order chi connectivity index (χ1) is 9.67. The van der Waals surface area contributed by atoms with E-state index >= 15 is 0 Å². The van der Waals surface area contributed by atoms with E-state index in [0.717, 1.165) is 25.7 Å². The van der Waals surface area contributed by atoms with Crippen LogP contribution in [0.2, 0.25) is 0 Å². The number of carbonyl (C=O) groups is 2. The van der Waals surface area contributed by atoms with E-state index in [1.165, 1.54) is 0 Å². The van der Waals surface area contributed by atoms with Gasteiger partial charge in [-0.3, -0.25) is 9.59 Å². The van der Waals surface area contributed by atoms with E-state index in [1.54, 1.807) is 6.92 Å². The van der Waals surface area contributed by atoms with E-state index in [4.69, 9.17) is 0 Å². The molecular weight excluding hydrogens is 268 g/mol. The Hall–Kier alpha value is -1.06. The molecule has 0 aliphatic carbocycles. The summed E-state index contributed by atoms with van der Waals surface area (Å²) in [6.45, 7) is 9.57. The molecule has 0 aliphatic heterocycles. The van der Waals surface area contributed by atoms with Gasteiger partial charge in [-0.25, -0.2) is 0 Å². The van der Waals surface area contributed by atoms with Gasteiger partial charge in [0.1, 0.15) is 0 Å². The van der Waals surface area contributed by atoms with Gasteiger partial charge in [-0.2, -0.15) is 0 Å². The van der Waals surface area contributed by atoms with Crippen LogP contribution in [0.15, 0.2) is 0 Å². The Morgan fingerprint density at radius 2 is 1.43 bits per heavy atom. The molecule has 21 heavy (non-hydrogen) atoms. The molecule has 0 heterocycles. The molecule has 2 N–H and O–H groups in total. The maximum Gasteiger partial charge on any atom is 0.310 e. The van der Waals surface area contributed by atoms with Gasteiger partial charge in [0.25, 0.3) is 0 Å². The highest BCUT2D eigenvalue weighted by atomic mass is 16.4. The molecule has 0 radical (unpaired) electrons. The molecule has 0 aromatic heterocycles. The summed E-state index contributed by atoms with van der Waals surface area (Å²) in [6, 6.07) is 0. The predicted molar refractivity (Wildman–Crippen MR) is 84.3 cm³/mol. The molecule has 0 rings (SSSR count). The molecule has 0 saturated heterocycles. The summed E-state index contributed by atoms with van der Waals surface area (Å²) in [5.74, 6) is -1.78. The third-order valence-corrected chi connectivity index (χ3v) is 4.68. The predicted octanol–water partition coefficient (Wildman–Crippen LogP) is 4.57. The number of hydrogen-bond acceptors (Lipinski definition) is 2. The second-order valence-electron chi connectivity index (χ2n) is 6.83. The van der Waals surface area contributed by atoms with Crippen molar-refractivity contribution in [2.45, 2.75) is 79.6 Å². The Bertz CT molecular complexity index is 351. The summed E-state index contributed by atoms with van der Waals surface area (Å²) in [5.41, 5.74) is -2.40. The van der Waals surface area contributed by atoms with E-state index in [-0.39, 0.29) is 5.92 Å². The van der Waals surface area contributed by atoms with Crippen LogP contribution in [0, 0.1) is 16.7 Å². The molecule has 0 aromatic carbocycles. The lowest BCUT2D eigenvalue weighted by Crippen LogP contribution is -2.51. The van der Waals surface area contributed by atoms with Crippen LogP contribution in [-0.4, -0.2) is 22.2 Å². The third kappa shape index (κ3) is 4.45. The monoisotopic (exact) mass is 300 g/mol. The van der Waals surface area contributed by atoms with Crippen molar-refractivity contribution in [3.8, 4) is 0 Å². The smallest absolute Gasteiger partial charge is 0.310 e. The molecule has 0 fully saturated rings. The molecule has 2 unspecified atom stereocenters. The topological polar surface area (TPSA) is 74.6 Å². The fourth-order valence-corrected chi connectivity index (χ4v) is 3.29. The fourth-order valence-electron chi connectivity index (χ4n) is 3.29. The van der Waals surface area contributed by atoms with Gasteiger partial charge < -0.3 is 10.2 Å². The number of rotatable bonds is 11. The van der Waals surface area contributed by atoms with Crippen LogP contribution in [0.1, 0.15) is 79.6 Å². The van der Waals surface area contributed by atoms with E-state index in [0.29, 0.717) is 19.3 Å². The standard InChI is InChI=1S/C17H32O4/c1-6-8-10-16(5,14(18)19)17(15(20)21,11-9-7-2)12-13(3)4/h13H,6-12H2,1-5H3,(H,18,19)(H,20,21). The van der Waals surface area contributed by atoms with Gasteiger partial charge in [0.05, 0.1) is 10.8 Å². The molecule has 0 bridgehead atoms. The van der Waals surface area contributed by atoms with Crippen molar-refractivity contribution in [1.29, 1.82) is 0 Å². The van der Waals surface area contributed by atoms with Crippen LogP contribution in [0.25, 0.3) is 0 Å². The lowest BCUT2D eigenvalue weighted by Gasteiger charge is -2.44. The van der Waals surface area contributed by atoms with E-state index in [9.17, 15) is 19.8 Å². The minimum absolute atomic E-state index is 0.151. The summed E-state index contributed by atoms with van der Waals surface area (Å²) < 4.78 is 0. The fraction of sp³-hybridized carbons (Fsp3) is 0.882. The molecule has 4 heteroatoms. The first kappa shape index (κ1) is 19.9. The number of carboxylic acids is 2. The second-order valence-corrected chi connectivity index (χ2v) is 6.83. The maximum atomic E-state index is 12.1. The minimum Gasteiger partial charge on any atom is -0.481 e. The normalized spacial score (nSPS) is 17.2. The van der Waals surface area contributed by atoms with E-state index in [2.05, 4.69) is 0 Å². The summed E-state index contributed by atoms with van der Waals surface area (Å²) in [4.78, 5) is 24.1. The number of hydrogen-bond donors (Lipinski definition) is 2. The van der Waals surface area contributed by atoms with Gasteiger partial charge in [-0.15, -0.1) is 0 Å². The Balaban J connectivity index is 5.85. The average molecular weight is 300 g/mol. The van der Waals surface area contributed by atoms with Crippen LogP contribution in [-0.2, 0) is 9.59 Å². The van der Waals surface area contributed by atoms with Crippen LogP contribution < -0.4 is 0 Å². The third-order valence-electron chi connectivity index (χ3n) is 4.68. The molecular formula is C17H32O4. The van der Waals surface area contributed by atoms with Gasteiger partial charge in [0.2, 0.25) is 0 Å². The van der Waals surface area contributed by atoms with Crippen molar-refractivity contribution in [3.63, 3.8) is 0 Å². The van der Waals surface area contributed by atoms with E-state index < -0.39 is 22.8 Å². The van der Waals surface area contributed by atoms with Crippen LogP contribution in [0.4, 0.5) is 0 Å². The van der Waals surface area contributed by atoms with Crippen molar-refractivity contribution in [3.05, 3.63) is 0 Å². The highest BCUT2D eigenvalue weighted by Crippen LogP contribution is 2.51. The first-order valence-electron chi connectivity index (χ1n) is 8.14. The Kier molecular flexibility index (Phi) is 7.98. The van der Waals surface area contributed by atoms with Gasteiger partial charge in [-0.05, 0) is 32.1 Å². The van der Waals surface area contributed by atoms with Crippen molar-refractivity contribution in [2.75, 3.05) is 0 Å². The Labute approximate surface area is 128 Å². The second kappa shape index (κ2) is 8.40. The zero-order valence-corrected chi connectivity index (χ0v) is 14.2. The van der Waals surface area contributed by atoms with Gasteiger partial charge in [-0.1, -0.05) is 53.4 Å². The molecule has 0 saturated carbocycles. The maximum absolute atomic E-state index is 12.1. The summed E-state index contributed by atoms with van der Waals surface area (Å²) in [5, 5.41) is 19.7. The molecule has 4 nitrogen and oxygen atoms in total. The molecule has 124 valence electrons. The molecule has 0 aromatic rings. The van der Waals surface area contributed by atoms with Gasteiger partial charge in [0, 0.05) is 0 Å². The first-order valence-corrected chi connectivity index (χ1v) is 8.14. The summed E-state index contributed by atoms with van der Waals surface area (Å²) in [6.07, 6.45) is 4.49. The van der Waals surface area contributed by atoms with Gasteiger partial charge in [0.15, 0.2) is 0 Å². The minimum atomic E-state index is -1.21. The lowest BCUT2D eigenvalue weighted by molar-refractivity contribution is -0.177. The molecule has 2 atom stereocenters. The van der Waals surface area contributed by atoms with Crippen molar-refractivity contribution >= 4 is 11.9 Å². The van der Waals surface area contributed by atoms with Crippen LogP contribution >= 0.6 is 0 Å². The summed E-state index contributed by atoms with van der Waals surface area (Å²) >= 11 is 0. The molecule has 0 amide bonds. The number of aliphatic carboxylic acids is 2.